The molecule has 12 heteroatoms. The minimum Gasteiger partial charge on any atom is -0.465 e. The highest BCUT2D eigenvalue weighted by Crippen LogP contribution is 2.31. The summed E-state index contributed by atoms with van der Waals surface area (Å²) in [5.41, 5.74) is 10.4. The van der Waals surface area contributed by atoms with E-state index in [9.17, 15) is 9.59 Å². The molecule has 0 atom stereocenters. The van der Waals surface area contributed by atoms with Crippen molar-refractivity contribution >= 4 is 78.6 Å². The van der Waals surface area contributed by atoms with Gasteiger partial charge in [0.25, 0.3) is 0 Å². The van der Waals surface area contributed by atoms with Gasteiger partial charge in [0.2, 0.25) is 5.95 Å². The summed E-state index contributed by atoms with van der Waals surface area (Å²) in [6.45, 7) is 0. The molecule has 0 radical (unpaired) electrons. The lowest BCUT2D eigenvalue weighted by atomic mass is 10.2. The molecule has 5 aromatic rings. The monoisotopic (exact) mass is 552 g/mol. The summed E-state index contributed by atoms with van der Waals surface area (Å²) in [4.78, 5) is 31.8. The summed E-state index contributed by atoms with van der Waals surface area (Å²) in [7, 11) is 6.37. The van der Waals surface area contributed by atoms with Crippen molar-refractivity contribution in [2.75, 3.05) is 37.6 Å². The van der Waals surface area contributed by atoms with E-state index in [2.05, 4.69) is 25.3 Å². The van der Waals surface area contributed by atoms with Crippen molar-refractivity contribution < 1.29 is 19.1 Å². The maximum Gasteiger partial charge on any atom is 0.337 e. The number of fused-ring (bicyclic) bond motifs is 2. The second kappa shape index (κ2) is 11.4. The molecule has 2 heterocycles. The number of halogens is 1. The normalized spacial score (nSPS) is 10.6. The van der Waals surface area contributed by atoms with Crippen LogP contribution in [-0.4, -0.2) is 47.7 Å². The number of nitrogens with zero attached hydrogens (tertiary/aromatic N) is 3. The minimum atomic E-state index is -0.384. The van der Waals surface area contributed by atoms with Gasteiger partial charge in [0.05, 0.1) is 58.0 Å². The first kappa shape index (κ1) is 26.7. The number of aryl methyl sites for hydroxylation is 1. The number of esters is 2. The number of imidazole rings is 1. The molecule has 0 aliphatic carbocycles. The summed E-state index contributed by atoms with van der Waals surface area (Å²) in [5, 5.41) is 7.54. The van der Waals surface area contributed by atoms with Gasteiger partial charge in [0, 0.05) is 19.1 Å². The van der Waals surface area contributed by atoms with Gasteiger partial charge in [-0.15, -0.1) is 0 Å². The van der Waals surface area contributed by atoms with Crippen molar-refractivity contribution in [3.63, 3.8) is 0 Å². The highest BCUT2D eigenvalue weighted by Gasteiger charge is 2.13. The van der Waals surface area contributed by atoms with Gasteiger partial charge in [0.15, 0.2) is 5.13 Å². The van der Waals surface area contributed by atoms with E-state index < -0.39 is 0 Å². The molecule has 0 unspecified atom stereocenters. The van der Waals surface area contributed by atoms with Crippen LogP contribution < -0.4 is 16.4 Å². The van der Waals surface area contributed by atoms with Crippen LogP contribution in [0, 0.1) is 0 Å². The van der Waals surface area contributed by atoms with E-state index in [1.165, 1.54) is 25.6 Å². The number of rotatable bonds is 5. The van der Waals surface area contributed by atoms with Gasteiger partial charge >= 0.3 is 11.9 Å². The maximum atomic E-state index is 11.7. The third-order valence-electron chi connectivity index (χ3n) is 5.61. The molecule has 0 spiro atoms. The van der Waals surface area contributed by atoms with E-state index in [4.69, 9.17) is 22.1 Å². The highest BCUT2D eigenvalue weighted by molar-refractivity contribution is 7.22. The molecule has 196 valence electrons. The van der Waals surface area contributed by atoms with Crippen molar-refractivity contribution in [1.29, 1.82) is 0 Å². The Balaban J connectivity index is 0.000000219. The minimum absolute atomic E-state index is 0.380. The van der Waals surface area contributed by atoms with Crippen molar-refractivity contribution in [3.8, 4) is 0 Å². The Bertz CT molecular complexity index is 1650. The zero-order valence-electron chi connectivity index (χ0n) is 21.0. The van der Waals surface area contributed by atoms with Crippen LogP contribution >= 0.6 is 22.9 Å². The number of benzene rings is 3. The molecular formula is C26H25ClN6O4S. The molecule has 38 heavy (non-hydrogen) atoms. The fraction of sp³-hybridized carbons (Fsp3) is 0.154. The van der Waals surface area contributed by atoms with Crippen LogP contribution in [0.25, 0.3) is 21.3 Å². The summed E-state index contributed by atoms with van der Waals surface area (Å²) in [5.74, 6) is -0.123. The van der Waals surface area contributed by atoms with Gasteiger partial charge in [-0.25, -0.2) is 19.6 Å². The summed E-state index contributed by atoms with van der Waals surface area (Å²) < 4.78 is 12.2. The predicted molar refractivity (Wildman–Crippen MR) is 152 cm³/mol. The number of aromatic nitrogens is 3. The molecule has 0 amide bonds. The Labute approximate surface area is 227 Å². The van der Waals surface area contributed by atoms with Crippen LogP contribution in [0.5, 0.6) is 0 Å². The van der Waals surface area contributed by atoms with E-state index in [1.807, 2.05) is 35.9 Å². The van der Waals surface area contributed by atoms with Gasteiger partial charge < -0.3 is 30.4 Å². The molecule has 10 nitrogen and oxygen atoms in total. The largest absolute Gasteiger partial charge is 0.465 e. The average molecular weight is 553 g/mol. The molecule has 2 aromatic heterocycles. The number of nitrogens with two attached hydrogens (primary N) is 1. The van der Waals surface area contributed by atoms with Gasteiger partial charge in [0.1, 0.15) is 0 Å². The van der Waals surface area contributed by atoms with Gasteiger partial charge in [-0.3, -0.25) is 0 Å². The Morgan fingerprint density at radius 3 is 2.29 bits per heavy atom. The SMILES string of the molecule is CNc1ccc(C(=O)OC)cc1N.COC(=O)c1ccc2c(c1)nc(Nc1nc3ccc(Cl)cc3s1)n2C. The number of hydrogen-bond acceptors (Lipinski definition) is 10. The lowest BCUT2D eigenvalue weighted by molar-refractivity contribution is 0.0592. The van der Waals surface area contributed by atoms with Crippen LogP contribution in [0.3, 0.4) is 0 Å². The Morgan fingerprint density at radius 1 is 0.947 bits per heavy atom. The first-order chi connectivity index (χ1) is 18.2. The van der Waals surface area contributed by atoms with E-state index in [0.717, 1.165) is 26.6 Å². The molecule has 0 aliphatic rings. The number of carbonyl (C=O) groups is 2. The topological polar surface area (TPSA) is 133 Å². The number of ether oxygens (including phenoxy) is 2. The second-order valence-corrected chi connectivity index (χ2v) is 9.46. The van der Waals surface area contributed by atoms with Crippen molar-refractivity contribution in [2.45, 2.75) is 0 Å². The number of thiazole rings is 1. The number of anilines is 4. The highest BCUT2D eigenvalue weighted by atomic mass is 35.5. The number of hydrogen-bond donors (Lipinski definition) is 3. The third kappa shape index (κ3) is 5.63. The van der Waals surface area contributed by atoms with Crippen molar-refractivity contribution in [1.82, 2.24) is 14.5 Å². The Kier molecular flexibility index (Phi) is 7.99. The van der Waals surface area contributed by atoms with E-state index in [0.29, 0.717) is 33.3 Å². The number of nitrogens with one attached hydrogen (secondary N) is 2. The lowest BCUT2D eigenvalue weighted by Gasteiger charge is -2.05. The van der Waals surface area contributed by atoms with Crippen molar-refractivity contribution in [2.24, 2.45) is 7.05 Å². The Morgan fingerprint density at radius 2 is 1.63 bits per heavy atom. The summed E-state index contributed by atoms with van der Waals surface area (Å²) in [6, 6.07) is 15.8. The number of methoxy groups -OCH3 is 2. The smallest absolute Gasteiger partial charge is 0.337 e. The van der Waals surface area contributed by atoms with Crippen molar-refractivity contribution in [3.05, 3.63) is 70.7 Å². The summed E-state index contributed by atoms with van der Waals surface area (Å²) >= 11 is 7.53. The van der Waals surface area contributed by atoms with Gasteiger partial charge in [-0.2, -0.15) is 0 Å². The molecule has 0 saturated carbocycles. The van der Waals surface area contributed by atoms with Gasteiger partial charge in [-0.1, -0.05) is 22.9 Å². The Hall–Kier alpha value is -4.35. The summed E-state index contributed by atoms with van der Waals surface area (Å²) in [6.07, 6.45) is 0. The zero-order chi connectivity index (χ0) is 27.4. The fourth-order valence-corrected chi connectivity index (χ4v) is 4.77. The molecular weight excluding hydrogens is 528 g/mol. The molecule has 0 saturated heterocycles. The lowest BCUT2D eigenvalue weighted by Crippen LogP contribution is -2.03. The number of carbonyl (C=O) groups excluding carboxylic acids is 2. The van der Waals surface area contributed by atoms with E-state index in [-0.39, 0.29) is 11.9 Å². The van der Waals surface area contributed by atoms with E-state index >= 15 is 0 Å². The molecule has 0 fully saturated rings. The van der Waals surface area contributed by atoms with Crippen LogP contribution in [0.4, 0.5) is 22.5 Å². The van der Waals surface area contributed by atoms with Crippen LogP contribution in [-0.2, 0) is 16.5 Å². The van der Waals surface area contributed by atoms with E-state index in [1.54, 1.807) is 37.4 Å². The molecule has 3 aromatic carbocycles. The fourth-order valence-electron chi connectivity index (χ4n) is 3.64. The first-order valence-electron chi connectivity index (χ1n) is 11.3. The first-order valence-corrected chi connectivity index (χ1v) is 12.5. The van der Waals surface area contributed by atoms with Crippen LogP contribution in [0.2, 0.25) is 5.02 Å². The third-order valence-corrected chi connectivity index (χ3v) is 6.78. The van der Waals surface area contributed by atoms with Crippen LogP contribution in [0.1, 0.15) is 20.7 Å². The second-order valence-electron chi connectivity index (χ2n) is 7.99. The molecule has 0 aliphatic heterocycles. The van der Waals surface area contributed by atoms with Crippen LogP contribution in [0.15, 0.2) is 54.6 Å². The maximum absolute atomic E-state index is 11.7. The molecule has 4 N–H and O–H groups in total. The quantitative estimate of drug-likeness (QED) is 0.192. The standard InChI is InChI=1S/C17H13ClN4O2S.C9H12N2O2/c1-22-13-6-3-9(15(23)24-2)7-12(13)19-16(22)21-17-20-11-5-4-10(18)8-14(11)25-17;1-11-8-4-3-6(5-7(8)10)9(12)13-2/h3-8H,1-2H3,(H,19,20,21);3-5,11H,10H2,1-2H3. The molecule has 0 bridgehead atoms. The molecule has 5 rings (SSSR count). The predicted octanol–water partition coefficient (Wildman–Crippen LogP) is 5.46. The van der Waals surface area contributed by atoms with Gasteiger partial charge in [-0.05, 0) is 54.6 Å². The average Bonchev–Trinajstić information content (AvgIpc) is 3.46. The zero-order valence-corrected chi connectivity index (χ0v) is 22.6. The number of nitrogen functional groups attached to an aromatic ring is 1.